The van der Waals surface area contributed by atoms with Crippen LogP contribution in [0.5, 0.6) is 11.9 Å². The number of ether oxygens (including phenoxy) is 4. The van der Waals surface area contributed by atoms with Gasteiger partial charge >= 0.3 is 6.01 Å². The molecule has 75 heavy (non-hydrogen) atoms. The van der Waals surface area contributed by atoms with Crippen LogP contribution in [0, 0.1) is 11.3 Å². The lowest BCUT2D eigenvalue weighted by Crippen LogP contribution is -2.51. The summed E-state index contributed by atoms with van der Waals surface area (Å²) >= 11 is 6.79. The molecule has 0 spiro atoms. The van der Waals surface area contributed by atoms with Crippen molar-refractivity contribution in [2.45, 2.75) is 102 Å². The van der Waals surface area contributed by atoms with Crippen molar-refractivity contribution in [3.05, 3.63) is 94.4 Å². The van der Waals surface area contributed by atoms with Crippen LogP contribution >= 0.6 is 11.6 Å². The summed E-state index contributed by atoms with van der Waals surface area (Å²) in [6.45, 7) is 12.5. The van der Waals surface area contributed by atoms with Gasteiger partial charge in [-0.05, 0) is 87.4 Å². The number of likely N-dealkylation sites (tertiary alicyclic amines) is 1. The fraction of sp³-hybridized carbons (Fsp3) is 0.536. The Morgan fingerprint density at radius 3 is 2.61 bits per heavy atom. The Labute approximate surface area is 445 Å². The molecule has 3 saturated heterocycles. The number of aliphatic hydroxyl groups excluding tert-OH is 1. The molecule has 3 fully saturated rings. The van der Waals surface area contributed by atoms with Crippen LogP contribution in [-0.2, 0) is 35.4 Å². The lowest BCUT2D eigenvalue weighted by atomic mass is 9.99. The highest BCUT2D eigenvalue weighted by molar-refractivity contribution is 6.36. The number of rotatable bonds is 24. The van der Waals surface area contributed by atoms with Crippen molar-refractivity contribution in [3.63, 3.8) is 0 Å². The van der Waals surface area contributed by atoms with E-state index in [1.165, 1.54) is 6.42 Å². The number of anilines is 4. The molecule has 6 aromatic rings. The van der Waals surface area contributed by atoms with Crippen LogP contribution in [0.2, 0.25) is 5.02 Å². The number of benzene rings is 2. The predicted molar refractivity (Wildman–Crippen MR) is 292 cm³/mol. The number of nitriles is 1. The van der Waals surface area contributed by atoms with E-state index in [2.05, 4.69) is 83.6 Å². The third kappa shape index (κ3) is 12.8. The number of halogens is 1. The average Bonchev–Trinajstić information content (AvgIpc) is 4.09. The van der Waals surface area contributed by atoms with Crippen molar-refractivity contribution in [1.82, 2.24) is 39.8 Å². The van der Waals surface area contributed by atoms with Crippen molar-refractivity contribution in [3.8, 4) is 18.0 Å². The fourth-order valence-electron chi connectivity index (χ4n) is 11.2. The van der Waals surface area contributed by atoms with Crippen LogP contribution in [0.4, 0.5) is 23.1 Å². The summed E-state index contributed by atoms with van der Waals surface area (Å²) in [6.07, 6.45) is 13.0. The Bertz CT molecular complexity index is 2860. The summed E-state index contributed by atoms with van der Waals surface area (Å²) in [7, 11) is 0. The van der Waals surface area contributed by atoms with Gasteiger partial charge in [-0.25, -0.2) is 9.97 Å². The van der Waals surface area contributed by atoms with Crippen molar-refractivity contribution in [2.75, 3.05) is 112 Å². The zero-order valence-corrected chi connectivity index (χ0v) is 44.1. The zero-order chi connectivity index (χ0) is 51.3. The highest BCUT2D eigenvalue weighted by Crippen LogP contribution is 2.38. The minimum atomic E-state index is 0.0837. The molecule has 4 aliphatic rings. The highest BCUT2D eigenvalue weighted by atomic mass is 35.5. The second-order valence-corrected chi connectivity index (χ2v) is 20.4. The number of pyridine rings is 1. The molecule has 4 aromatic heterocycles. The normalized spacial score (nSPS) is 19.2. The standard InChI is InChI=1S/C56H72ClN13O5/c1-2-41-36-62-70-50(33-51(64-54(41)70)69-24-4-3-11-44(69)19-27-71)60-34-40-15-16-52(61-35-40)74-32-31-73-30-29-72-28-8-23-66-22-7-12-45(66)39-75-56-63-48-38-67(49-14-6-10-42-9-5-13-47(57)53(42)49)25-18-46(48)55(65-56)68-26-21-59-43(37-68)17-20-58/h5-6,9-10,13-16,33,35-36,43-45,59-60,71H,2-4,7-8,11-12,17-19,21-32,34,37-39H2,1H3/t43-,44-,45-/m0/s1. The summed E-state index contributed by atoms with van der Waals surface area (Å²) in [5.74, 6) is 3.28. The molecule has 398 valence electrons. The van der Waals surface area contributed by atoms with Crippen LogP contribution in [-0.4, -0.2) is 150 Å². The van der Waals surface area contributed by atoms with Gasteiger partial charge in [-0.15, -0.1) is 0 Å². The molecule has 0 aliphatic carbocycles. The third-order valence-corrected chi connectivity index (χ3v) is 15.5. The summed E-state index contributed by atoms with van der Waals surface area (Å²) in [6, 6.07) is 21.8. The van der Waals surface area contributed by atoms with Gasteiger partial charge in [0.1, 0.15) is 30.7 Å². The Kier molecular flexibility index (Phi) is 17.9. The first-order valence-electron chi connectivity index (χ1n) is 27.2. The summed E-state index contributed by atoms with van der Waals surface area (Å²) in [4.78, 5) is 29.4. The fourth-order valence-corrected chi connectivity index (χ4v) is 11.5. The van der Waals surface area contributed by atoms with Crippen LogP contribution < -0.4 is 34.8 Å². The van der Waals surface area contributed by atoms with Crippen LogP contribution in [0.1, 0.15) is 80.7 Å². The largest absolute Gasteiger partial charge is 0.475 e. The minimum absolute atomic E-state index is 0.0837. The van der Waals surface area contributed by atoms with E-state index in [0.29, 0.717) is 77.6 Å². The monoisotopic (exact) mass is 1040 g/mol. The Hall–Kier alpha value is -6.07. The first-order chi connectivity index (χ1) is 37.0. The van der Waals surface area contributed by atoms with Gasteiger partial charge in [0.25, 0.3) is 0 Å². The number of fused-ring (bicyclic) bond motifs is 3. The van der Waals surface area contributed by atoms with Crippen molar-refractivity contribution >= 4 is 51.2 Å². The maximum atomic E-state index is 9.74. The molecule has 0 saturated carbocycles. The molecule has 18 nitrogen and oxygen atoms in total. The molecule has 3 atom stereocenters. The van der Waals surface area contributed by atoms with E-state index < -0.39 is 0 Å². The first kappa shape index (κ1) is 52.4. The average molecular weight is 1040 g/mol. The van der Waals surface area contributed by atoms with Crippen LogP contribution in [0.3, 0.4) is 0 Å². The Morgan fingerprint density at radius 1 is 0.893 bits per heavy atom. The SMILES string of the molecule is CCc1cnn2c(NCc3ccc(OCCOCCOCCCN4CCC[C@H]4COc4nc5c(c(N6CCN[C@@H](CC#N)C6)n4)CCN(c4cccc6cccc(Cl)c46)C5)nc3)cc(N3CCCC[C@H]3CCO)nc12. The van der Waals surface area contributed by atoms with Gasteiger partial charge < -0.3 is 49.4 Å². The number of piperazine rings is 1. The number of hydrogen-bond donors (Lipinski definition) is 3. The molecule has 0 radical (unpaired) electrons. The maximum Gasteiger partial charge on any atom is 0.318 e. The van der Waals surface area contributed by atoms with Crippen molar-refractivity contribution in [1.29, 1.82) is 5.26 Å². The van der Waals surface area contributed by atoms with E-state index in [-0.39, 0.29) is 24.7 Å². The summed E-state index contributed by atoms with van der Waals surface area (Å²) < 4.78 is 26.1. The van der Waals surface area contributed by atoms with Gasteiger partial charge in [-0.1, -0.05) is 48.9 Å². The van der Waals surface area contributed by atoms with Gasteiger partial charge in [0.15, 0.2) is 5.65 Å². The van der Waals surface area contributed by atoms with E-state index in [0.717, 1.165) is 158 Å². The zero-order valence-electron chi connectivity index (χ0n) is 43.3. The number of aryl methyl sites for hydroxylation is 1. The lowest BCUT2D eigenvalue weighted by Gasteiger charge is -2.37. The van der Waals surface area contributed by atoms with Gasteiger partial charge in [0.2, 0.25) is 5.88 Å². The number of aromatic nitrogens is 6. The second kappa shape index (κ2) is 25.6. The quantitative estimate of drug-likeness (QED) is 0.0515. The van der Waals surface area contributed by atoms with Gasteiger partial charge in [-0.2, -0.15) is 24.8 Å². The first-order valence-corrected chi connectivity index (χ1v) is 27.6. The molecule has 4 aliphatic heterocycles. The van der Waals surface area contributed by atoms with Gasteiger partial charge in [0.05, 0.1) is 55.8 Å². The number of aliphatic hydroxyl groups is 1. The smallest absolute Gasteiger partial charge is 0.318 e. The molecular weight excluding hydrogens is 970 g/mol. The lowest BCUT2D eigenvalue weighted by molar-refractivity contribution is 0.0323. The van der Waals surface area contributed by atoms with E-state index in [4.69, 9.17) is 45.5 Å². The van der Waals surface area contributed by atoms with E-state index in [1.807, 2.05) is 41.2 Å². The second-order valence-electron chi connectivity index (χ2n) is 20.0. The summed E-state index contributed by atoms with van der Waals surface area (Å²) in [5, 5.41) is 33.9. The Balaban J connectivity index is 0.649. The van der Waals surface area contributed by atoms with Crippen LogP contribution in [0.25, 0.3) is 16.4 Å². The topological polar surface area (TPSA) is 187 Å². The van der Waals surface area contributed by atoms with Gasteiger partial charge in [-0.3, -0.25) is 4.90 Å². The molecule has 0 amide bonds. The van der Waals surface area contributed by atoms with E-state index in [1.54, 1.807) is 0 Å². The van der Waals surface area contributed by atoms with E-state index >= 15 is 0 Å². The molecular formula is C56H72ClN13O5. The van der Waals surface area contributed by atoms with Crippen molar-refractivity contribution < 1.29 is 24.1 Å². The van der Waals surface area contributed by atoms with Crippen molar-refractivity contribution in [2.24, 2.45) is 0 Å². The van der Waals surface area contributed by atoms with Gasteiger partial charge in [0, 0.05) is 118 Å². The van der Waals surface area contributed by atoms with Crippen LogP contribution in [0.15, 0.2) is 67.0 Å². The molecule has 2 aromatic carbocycles. The molecule has 19 heteroatoms. The highest BCUT2D eigenvalue weighted by Gasteiger charge is 2.31. The maximum absolute atomic E-state index is 9.74. The van der Waals surface area contributed by atoms with E-state index in [9.17, 15) is 10.4 Å². The summed E-state index contributed by atoms with van der Waals surface area (Å²) in [5.41, 5.74) is 6.22. The number of nitrogens with one attached hydrogen (secondary N) is 2. The predicted octanol–water partition coefficient (Wildman–Crippen LogP) is 7.24. The number of piperidine rings is 1. The third-order valence-electron chi connectivity index (χ3n) is 15.1. The molecule has 3 N–H and O–H groups in total. The Morgan fingerprint density at radius 2 is 1.76 bits per heavy atom. The number of nitrogens with zero attached hydrogens (tertiary/aromatic N) is 11. The molecule has 8 heterocycles. The molecule has 10 rings (SSSR count). The minimum Gasteiger partial charge on any atom is -0.475 e. The molecule has 0 bridgehead atoms. The molecule has 0 unspecified atom stereocenters. The number of hydrogen-bond acceptors (Lipinski definition) is 17.